The number of ether oxygens (including phenoxy) is 1. The van der Waals surface area contributed by atoms with Crippen LogP contribution in [0, 0.1) is 17.5 Å². The van der Waals surface area contributed by atoms with Gasteiger partial charge in [0.2, 0.25) is 5.82 Å². The number of anilines is 1. The molecule has 2 N–H and O–H groups in total. The molecule has 0 radical (unpaired) electrons. The predicted octanol–water partition coefficient (Wildman–Crippen LogP) is 4.03. The molecular weight excluding hydrogens is 323 g/mol. The zero-order valence-corrected chi connectivity index (χ0v) is 11.2. The maximum Gasteiger partial charge on any atom is 0.200 e. The minimum Gasteiger partial charge on any atom is -0.485 e. The average Bonchev–Trinajstić information content (AvgIpc) is 2.34. The minimum atomic E-state index is -1.13. The largest absolute Gasteiger partial charge is 0.485 e. The lowest BCUT2D eigenvalue weighted by Crippen LogP contribution is -2.04. The van der Waals surface area contributed by atoms with Crippen molar-refractivity contribution in [1.29, 1.82) is 0 Å². The number of hydrogen-bond donors (Lipinski definition) is 1. The fraction of sp³-hybridized carbons (Fsp3) is 0.0769. The van der Waals surface area contributed by atoms with Gasteiger partial charge in [-0.2, -0.15) is 4.39 Å². The van der Waals surface area contributed by atoms with Gasteiger partial charge in [0.05, 0.1) is 0 Å². The maximum atomic E-state index is 13.5. The molecule has 100 valence electrons. The summed E-state index contributed by atoms with van der Waals surface area (Å²) in [5.74, 6) is -3.05. The average molecular weight is 332 g/mol. The van der Waals surface area contributed by atoms with Crippen LogP contribution in [-0.2, 0) is 6.61 Å². The van der Waals surface area contributed by atoms with Crippen molar-refractivity contribution in [3.8, 4) is 5.75 Å². The van der Waals surface area contributed by atoms with Gasteiger partial charge >= 0.3 is 0 Å². The Labute approximate surface area is 116 Å². The monoisotopic (exact) mass is 331 g/mol. The number of halogens is 4. The van der Waals surface area contributed by atoms with E-state index in [2.05, 4.69) is 15.9 Å². The van der Waals surface area contributed by atoms with E-state index in [1.807, 2.05) is 0 Å². The van der Waals surface area contributed by atoms with Gasteiger partial charge in [-0.05, 0) is 24.3 Å². The zero-order valence-electron chi connectivity index (χ0n) is 9.59. The molecule has 0 spiro atoms. The van der Waals surface area contributed by atoms with E-state index in [4.69, 9.17) is 10.5 Å². The van der Waals surface area contributed by atoms with Crippen LogP contribution >= 0.6 is 15.9 Å². The lowest BCUT2D eigenvalue weighted by molar-refractivity contribution is 0.280. The summed E-state index contributed by atoms with van der Waals surface area (Å²) in [4.78, 5) is 0. The topological polar surface area (TPSA) is 35.2 Å². The van der Waals surface area contributed by atoms with Gasteiger partial charge in [-0.1, -0.05) is 22.0 Å². The molecule has 19 heavy (non-hydrogen) atoms. The summed E-state index contributed by atoms with van der Waals surface area (Å²) in [6, 6.07) is 6.40. The SMILES string of the molecule is Nc1cccc(F)c1COc1cc(Br)cc(F)c1F. The van der Waals surface area contributed by atoms with Crippen LogP contribution < -0.4 is 10.5 Å². The first-order valence-corrected chi connectivity index (χ1v) is 6.08. The molecule has 0 heterocycles. The predicted molar refractivity (Wildman–Crippen MR) is 69.2 cm³/mol. The molecule has 0 aromatic heterocycles. The van der Waals surface area contributed by atoms with E-state index < -0.39 is 17.5 Å². The van der Waals surface area contributed by atoms with Crippen molar-refractivity contribution in [2.75, 3.05) is 5.73 Å². The van der Waals surface area contributed by atoms with Gasteiger partial charge < -0.3 is 10.5 Å². The Morgan fingerprint density at radius 3 is 2.53 bits per heavy atom. The molecule has 2 aromatic rings. The number of nitrogen functional groups attached to an aromatic ring is 1. The minimum absolute atomic E-state index is 0.0993. The summed E-state index contributed by atoms with van der Waals surface area (Å²) in [5, 5.41) is 0. The van der Waals surface area contributed by atoms with Gasteiger partial charge in [0.25, 0.3) is 0 Å². The van der Waals surface area contributed by atoms with Gasteiger partial charge in [0.1, 0.15) is 12.4 Å². The highest BCUT2D eigenvalue weighted by molar-refractivity contribution is 9.10. The quantitative estimate of drug-likeness (QED) is 0.680. The molecule has 0 amide bonds. The first-order valence-electron chi connectivity index (χ1n) is 5.29. The Morgan fingerprint density at radius 1 is 1.11 bits per heavy atom. The van der Waals surface area contributed by atoms with Crippen LogP contribution in [0.5, 0.6) is 5.75 Å². The molecule has 0 aliphatic carbocycles. The smallest absolute Gasteiger partial charge is 0.200 e. The maximum absolute atomic E-state index is 13.5. The summed E-state index contributed by atoms with van der Waals surface area (Å²) in [6.45, 7) is -0.286. The van der Waals surface area contributed by atoms with Gasteiger partial charge in [-0.15, -0.1) is 0 Å². The van der Waals surface area contributed by atoms with Crippen LogP contribution in [0.4, 0.5) is 18.9 Å². The summed E-state index contributed by atoms with van der Waals surface area (Å²) in [6.07, 6.45) is 0. The van der Waals surface area contributed by atoms with E-state index in [1.54, 1.807) is 0 Å². The molecule has 0 unspecified atom stereocenters. The van der Waals surface area contributed by atoms with Crippen molar-refractivity contribution in [3.63, 3.8) is 0 Å². The fourth-order valence-electron chi connectivity index (χ4n) is 1.51. The molecular formula is C13H9BrF3NO. The Kier molecular flexibility index (Phi) is 3.99. The van der Waals surface area contributed by atoms with Crippen LogP contribution in [0.15, 0.2) is 34.8 Å². The van der Waals surface area contributed by atoms with E-state index in [1.165, 1.54) is 24.3 Å². The van der Waals surface area contributed by atoms with Crippen molar-refractivity contribution < 1.29 is 17.9 Å². The fourth-order valence-corrected chi connectivity index (χ4v) is 1.92. The molecule has 0 atom stereocenters. The van der Waals surface area contributed by atoms with Crippen LogP contribution in [0.2, 0.25) is 0 Å². The summed E-state index contributed by atoms with van der Waals surface area (Å²) in [7, 11) is 0. The molecule has 0 aliphatic rings. The molecule has 0 saturated carbocycles. The third-order valence-corrected chi connectivity index (χ3v) is 2.94. The third kappa shape index (κ3) is 3.01. The molecule has 2 nitrogen and oxygen atoms in total. The molecule has 2 rings (SSSR count). The molecule has 6 heteroatoms. The Balaban J connectivity index is 2.24. The number of rotatable bonds is 3. The zero-order chi connectivity index (χ0) is 14.0. The number of nitrogens with two attached hydrogens (primary N) is 1. The van der Waals surface area contributed by atoms with Gasteiger partial charge in [-0.25, -0.2) is 8.78 Å². The van der Waals surface area contributed by atoms with Gasteiger partial charge in [0, 0.05) is 15.7 Å². The highest BCUT2D eigenvalue weighted by Crippen LogP contribution is 2.27. The van der Waals surface area contributed by atoms with E-state index in [0.717, 1.165) is 6.07 Å². The van der Waals surface area contributed by atoms with E-state index in [-0.39, 0.29) is 23.6 Å². The van der Waals surface area contributed by atoms with Gasteiger partial charge in [0.15, 0.2) is 11.6 Å². The highest BCUT2D eigenvalue weighted by atomic mass is 79.9. The van der Waals surface area contributed by atoms with E-state index >= 15 is 0 Å². The molecule has 0 bridgehead atoms. The second-order valence-corrected chi connectivity index (χ2v) is 4.71. The normalized spacial score (nSPS) is 10.5. The summed E-state index contributed by atoms with van der Waals surface area (Å²) in [5.41, 5.74) is 5.88. The highest BCUT2D eigenvalue weighted by Gasteiger charge is 2.13. The Bertz CT molecular complexity index is 599. The van der Waals surface area contributed by atoms with Crippen LogP contribution in [0.25, 0.3) is 0 Å². The lowest BCUT2D eigenvalue weighted by Gasteiger charge is -2.10. The Morgan fingerprint density at radius 2 is 1.84 bits per heavy atom. The number of benzene rings is 2. The third-order valence-electron chi connectivity index (χ3n) is 2.49. The summed E-state index contributed by atoms with van der Waals surface area (Å²) < 4.78 is 45.5. The van der Waals surface area contributed by atoms with E-state index in [9.17, 15) is 13.2 Å². The van der Waals surface area contributed by atoms with Crippen molar-refractivity contribution >= 4 is 21.6 Å². The van der Waals surface area contributed by atoms with Crippen molar-refractivity contribution in [3.05, 3.63) is 57.8 Å². The van der Waals surface area contributed by atoms with Crippen LogP contribution in [0.3, 0.4) is 0 Å². The van der Waals surface area contributed by atoms with Crippen molar-refractivity contribution in [2.24, 2.45) is 0 Å². The summed E-state index contributed by atoms with van der Waals surface area (Å²) >= 11 is 3.02. The first-order chi connectivity index (χ1) is 8.99. The van der Waals surface area contributed by atoms with Crippen LogP contribution in [-0.4, -0.2) is 0 Å². The molecule has 0 fully saturated rings. The second kappa shape index (κ2) is 5.52. The lowest BCUT2D eigenvalue weighted by atomic mass is 10.2. The van der Waals surface area contributed by atoms with Gasteiger partial charge in [-0.3, -0.25) is 0 Å². The Hall–Kier alpha value is -1.69. The number of hydrogen-bond acceptors (Lipinski definition) is 2. The second-order valence-electron chi connectivity index (χ2n) is 3.80. The van der Waals surface area contributed by atoms with Crippen LogP contribution in [0.1, 0.15) is 5.56 Å². The molecule has 0 saturated heterocycles. The molecule has 0 aliphatic heterocycles. The standard InChI is InChI=1S/C13H9BrF3NO/c14-7-4-10(16)13(17)12(5-7)19-6-8-9(15)2-1-3-11(8)18/h1-5H,6,18H2. The first kappa shape index (κ1) is 13.7. The van der Waals surface area contributed by atoms with Crippen molar-refractivity contribution in [2.45, 2.75) is 6.61 Å². The van der Waals surface area contributed by atoms with E-state index in [0.29, 0.717) is 4.47 Å². The molecule has 2 aromatic carbocycles. The van der Waals surface area contributed by atoms with Crippen molar-refractivity contribution in [1.82, 2.24) is 0 Å².